The standard InChI is InChI=1S/C22H19N3O5S/c26-21-14-30-20-10-9-17(12-19(20)25-21)24-22(27)16-7-4-8-18(11-16)31(28,29)23-13-15-5-2-1-3-6-15/h1-12,23H,13-14H2,(H,24,27)(H,25,26). The molecule has 0 radical (unpaired) electrons. The smallest absolute Gasteiger partial charge is 0.262 e. The molecular weight excluding hydrogens is 418 g/mol. The number of benzene rings is 3. The Bertz CT molecular complexity index is 1240. The number of hydrogen-bond acceptors (Lipinski definition) is 5. The number of fused-ring (bicyclic) bond motifs is 1. The van der Waals surface area contributed by atoms with Gasteiger partial charge in [0.2, 0.25) is 10.0 Å². The van der Waals surface area contributed by atoms with E-state index in [1.165, 1.54) is 24.3 Å². The van der Waals surface area contributed by atoms with Crippen LogP contribution in [0.5, 0.6) is 5.75 Å². The number of nitrogens with one attached hydrogen (secondary N) is 3. The molecule has 31 heavy (non-hydrogen) atoms. The highest BCUT2D eigenvalue weighted by Gasteiger charge is 2.18. The van der Waals surface area contributed by atoms with Crippen molar-refractivity contribution in [3.05, 3.63) is 83.9 Å². The Balaban J connectivity index is 1.48. The van der Waals surface area contributed by atoms with E-state index < -0.39 is 15.9 Å². The molecule has 4 rings (SSSR count). The third kappa shape index (κ3) is 4.90. The summed E-state index contributed by atoms with van der Waals surface area (Å²) in [4.78, 5) is 24.1. The monoisotopic (exact) mass is 437 g/mol. The molecule has 3 N–H and O–H groups in total. The lowest BCUT2D eigenvalue weighted by atomic mass is 10.2. The van der Waals surface area contributed by atoms with Crippen LogP contribution in [-0.4, -0.2) is 26.8 Å². The highest BCUT2D eigenvalue weighted by Crippen LogP contribution is 2.30. The normalized spacial score (nSPS) is 13.0. The van der Waals surface area contributed by atoms with E-state index in [1.807, 2.05) is 30.3 Å². The minimum atomic E-state index is -3.80. The predicted molar refractivity (Wildman–Crippen MR) is 115 cm³/mol. The van der Waals surface area contributed by atoms with Crippen LogP contribution in [0, 0.1) is 0 Å². The van der Waals surface area contributed by atoms with Crippen LogP contribution in [0.3, 0.4) is 0 Å². The van der Waals surface area contributed by atoms with Gasteiger partial charge in [-0.15, -0.1) is 0 Å². The molecule has 1 aliphatic rings. The van der Waals surface area contributed by atoms with Gasteiger partial charge in [-0.1, -0.05) is 36.4 Å². The lowest BCUT2D eigenvalue weighted by Crippen LogP contribution is -2.25. The van der Waals surface area contributed by atoms with Crippen molar-refractivity contribution in [2.24, 2.45) is 0 Å². The Labute approximate surface area is 179 Å². The Morgan fingerprint density at radius 2 is 1.81 bits per heavy atom. The van der Waals surface area contributed by atoms with Gasteiger partial charge in [0.15, 0.2) is 6.61 Å². The van der Waals surface area contributed by atoms with Crippen LogP contribution in [0.2, 0.25) is 0 Å². The average Bonchev–Trinajstić information content (AvgIpc) is 2.78. The van der Waals surface area contributed by atoms with Crippen LogP contribution in [0.1, 0.15) is 15.9 Å². The Kier molecular flexibility index (Phi) is 5.70. The second-order valence-corrected chi connectivity index (χ2v) is 8.61. The molecule has 2 amide bonds. The maximum atomic E-state index is 12.7. The van der Waals surface area contributed by atoms with Crippen LogP contribution < -0.4 is 20.1 Å². The fraction of sp³-hybridized carbons (Fsp3) is 0.0909. The van der Waals surface area contributed by atoms with Crippen molar-refractivity contribution in [3.8, 4) is 5.75 Å². The highest BCUT2D eigenvalue weighted by atomic mass is 32.2. The molecule has 0 atom stereocenters. The molecule has 9 heteroatoms. The summed E-state index contributed by atoms with van der Waals surface area (Å²) in [6.45, 7) is 0.0841. The van der Waals surface area contributed by atoms with Crippen LogP contribution in [0.15, 0.2) is 77.7 Å². The summed E-state index contributed by atoms with van der Waals surface area (Å²) in [7, 11) is -3.80. The molecule has 0 fully saturated rings. The number of anilines is 2. The van der Waals surface area contributed by atoms with Crippen molar-refractivity contribution in [2.75, 3.05) is 17.2 Å². The van der Waals surface area contributed by atoms with Gasteiger partial charge in [-0.05, 0) is 42.0 Å². The fourth-order valence-corrected chi connectivity index (χ4v) is 4.09. The molecule has 0 saturated carbocycles. The number of amides is 2. The highest BCUT2D eigenvalue weighted by molar-refractivity contribution is 7.89. The van der Waals surface area contributed by atoms with Gasteiger partial charge in [-0.3, -0.25) is 9.59 Å². The van der Waals surface area contributed by atoms with Crippen LogP contribution in [-0.2, 0) is 21.4 Å². The van der Waals surface area contributed by atoms with E-state index >= 15 is 0 Å². The topological polar surface area (TPSA) is 114 Å². The van der Waals surface area contributed by atoms with Gasteiger partial charge in [0.05, 0.1) is 10.6 Å². The van der Waals surface area contributed by atoms with Crippen molar-refractivity contribution in [2.45, 2.75) is 11.4 Å². The molecule has 0 bridgehead atoms. The lowest BCUT2D eigenvalue weighted by Gasteiger charge is -2.18. The first kappa shape index (κ1) is 20.6. The first-order valence-corrected chi connectivity index (χ1v) is 10.9. The molecule has 0 saturated heterocycles. The first-order valence-electron chi connectivity index (χ1n) is 9.42. The second-order valence-electron chi connectivity index (χ2n) is 6.84. The van der Waals surface area contributed by atoms with Gasteiger partial charge < -0.3 is 15.4 Å². The zero-order chi connectivity index (χ0) is 21.8. The maximum absolute atomic E-state index is 12.7. The van der Waals surface area contributed by atoms with E-state index in [-0.39, 0.29) is 29.5 Å². The van der Waals surface area contributed by atoms with Crippen molar-refractivity contribution >= 4 is 33.2 Å². The predicted octanol–water partition coefficient (Wildman–Crippen LogP) is 2.75. The van der Waals surface area contributed by atoms with Crippen LogP contribution in [0.4, 0.5) is 11.4 Å². The average molecular weight is 437 g/mol. The molecule has 1 heterocycles. The van der Waals surface area contributed by atoms with Gasteiger partial charge in [0, 0.05) is 17.8 Å². The zero-order valence-corrected chi connectivity index (χ0v) is 17.1. The van der Waals surface area contributed by atoms with Gasteiger partial charge in [0.1, 0.15) is 5.75 Å². The molecule has 1 aliphatic heterocycles. The SMILES string of the molecule is O=C1COc2ccc(NC(=O)c3cccc(S(=O)(=O)NCc4ccccc4)c3)cc2N1. The molecule has 8 nitrogen and oxygen atoms in total. The zero-order valence-electron chi connectivity index (χ0n) is 16.3. The quantitative estimate of drug-likeness (QED) is 0.549. The third-order valence-corrected chi connectivity index (χ3v) is 5.98. The number of hydrogen-bond donors (Lipinski definition) is 3. The maximum Gasteiger partial charge on any atom is 0.262 e. The molecule has 0 unspecified atom stereocenters. The molecule has 0 aromatic heterocycles. The summed E-state index contributed by atoms with van der Waals surface area (Å²) in [5.41, 5.74) is 1.89. The van der Waals surface area contributed by atoms with E-state index in [4.69, 9.17) is 4.74 Å². The Morgan fingerprint density at radius 1 is 1.00 bits per heavy atom. The van der Waals surface area contributed by atoms with Gasteiger partial charge in [-0.25, -0.2) is 13.1 Å². The molecule has 3 aromatic rings. The second kappa shape index (κ2) is 8.58. The first-order chi connectivity index (χ1) is 14.9. The summed E-state index contributed by atoms with van der Waals surface area (Å²) >= 11 is 0. The molecular formula is C22H19N3O5S. The van der Waals surface area contributed by atoms with Crippen molar-refractivity contribution in [3.63, 3.8) is 0 Å². The fourth-order valence-electron chi connectivity index (χ4n) is 3.03. The van der Waals surface area contributed by atoms with Crippen molar-refractivity contribution in [1.82, 2.24) is 4.72 Å². The van der Waals surface area contributed by atoms with E-state index in [0.717, 1.165) is 5.56 Å². The van der Waals surface area contributed by atoms with E-state index in [1.54, 1.807) is 18.2 Å². The number of carbonyl (C=O) groups is 2. The minimum absolute atomic E-state index is 0.0119. The van der Waals surface area contributed by atoms with E-state index in [0.29, 0.717) is 17.1 Å². The minimum Gasteiger partial charge on any atom is -0.482 e. The molecule has 158 valence electrons. The summed E-state index contributed by atoms with van der Waals surface area (Å²) in [6, 6.07) is 19.8. The summed E-state index contributed by atoms with van der Waals surface area (Å²) in [6.07, 6.45) is 0. The Hall–Kier alpha value is -3.69. The summed E-state index contributed by atoms with van der Waals surface area (Å²) < 4.78 is 33.1. The molecule has 3 aromatic carbocycles. The number of ether oxygens (including phenoxy) is 1. The van der Waals surface area contributed by atoms with Gasteiger partial charge in [-0.2, -0.15) is 0 Å². The summed E-state index contributed by atoms with van der Waals surface area (Å²) in [5.74, 6) is -0.254. The summed E-state index contributed by atoms with van der Waals surface area (Å²) in [5, 5.41) is 5.37. The third-order valence-electron chi connectivity index (χ3n) is 4.59. The van der Waals surface area contributed by atoms with Crippen molar-refractivity contribution in [1.29, 1.82) is 0 Å². The van der Waals surface area contributed by atoms with Gasteiger partial charge >= 0.3 is 0 Å². The molecule has 0 aliphatic carbocycles. The number of sulfonamides is 1. The largest absolute Gasteiger partial charge is 0.482 e. The van der Waals surface area contributed by atoms with Gasteiger partial charge in [0.25, 0.3) is 11.8 Å². The van der Waals surface area contributed by atoms with E-state index in [9.17, 15) is 18.0 Å². The van der Waals surface area contributed by atoms with Crippen molar-refractivity contribution < 1.29 is 22.7 Å². The lowest BCUT2D eigenvalue weighted by molar-refractivity contribution is -0.118. The number of carbonyl (C=O) groups excluding carboxylic acids is 2. The van der Waals surface area contributed by atoms with Crippen LogP contribution in [0.25, 0.3) is 0 Å². The van der Waals surface area contributed by atoms with Crippen LogP contribution >= 0.6 is 0 Å². The van der Waals surface area contributed by atoms with E-state index in [2.05, 4.69) is 15.4 Å². The molecule has 0 spiro atoms. The number of rotatable bonds is 6. The Morgan fingerprint density at radius 3 is 2.61 bits per heavy atom.